The number of thiophene rings is 1. The van der Waals surface area contributed by atoms with Crippen LogP contribution in [0.3, 0.4) is 0 Å². The molecule has 0 saturated heterocycles. The Bertz CT molecular complexity index is 1390. The Morgan fingerprint density at radius 2 is 1.69 bits per heavy atom. The third kappa shape index (κ3) is 4.90. The molecular weight excluding hydrogens is 468 g/mol. The number of esters is 1. The van der Waals surface area contributed by atoms with E-state index in [0.717, 1.165) is 20.9 Å². The summed E-state index contributed by atoms with van der Waals surface area (Å²) in [6.07, 6.45) is 0. The highest BCUT2D eigenvalue weighted by Crippen LogP contribution is 2.32. The number of hydrogen-bond donors (Lipinski definition) is 1. The van der Waals surface area contributed by atoms with Crippen molar-refractivity contribution in [3.05, 3.63) is 86.1 Å². The number of nitrogens with one attached hydrogen (secondary N) is 1. The highest BCUT2D eigenvalue weighted by atomic mass is 32.1. The second kappa shape index (κ2) is 9.63. The molecule has 0 unspecified atom stereocenters. The molecule has 0 saturated carbocycles. The second-order valence-corrected chi connectivity index (χ2v) is 9.34. The first-order valence-electron chi connectivity index (χ1n) is 10.8. The predicted octanol–water partition coefficient (Wildman–Crippen LogP) is 3.84. The topological polar surface area (TPSA) is 110 Å². The quantitative estimate of drug-likeness (QED) is 0.306. The largest absolute Gasteiger partial charge is 0.454 e. The summed E-state index contributed by atoms with van der Waals surface area (Å²) in [5.74, 6) is -2.31. The Balaban J connectivity index is 1.45. The smallest absolute Gasteiger partial charge is 0.338 e. The van der Waals surface area contributed by atoms with Crippen LogP contribution in [0.5, 0.6) is 0 Å². The maximum Gasteiger partial charge on any atom is 0.338 e. The van der Waals surface area contributed by atoms with Crippen LogP contribution in [0, 0.1) is 13.8 Å². The molecule has 0 fully saturated rings. The van der Waals surface area contributed by atoms with Crippen molar-refractivity contribution in [1.82, 2.24) is 5.32 Å². The van der Waals surface area contributed by atoms with E-state index in [9.17, 15) is 24.0 Å². The molecule has 0 aliphatic carbocycles. The van der Waals surface area contributed by atoms with Crippen LogP contribution in [-0.4, -0.2) is 36.1 Å². The maximum atomic E-state index is 13.1. The predicted molar refractivity (Wildman–Crippen MR) is 130 cm³/mol. The molecule has 1 N–H and O–H groups in total. The molecule has 1 aromatic heterocycles. The monoisotopic (exact) mass is 490 g/mol. The first-order valence-corrected chi connectivity index (χ1v) is 11.6. The summed E-state index contributed by atoms with van der Waals surface area (Å²) < 4.78 is 5.16. The fourth-order valence-electron chi connectivity index (χ4n) is 3.67. The molecule has 0 atom stereocenters. The van der Waals surface area contributed by atoms with Gasteiger partial charge in [0, 0.05) is 11.8 Å². The lowest BCUT2D eigenvalue weighted by atomic mass is 10.1. The van der Waals surface area contributed by atoms with Crippen LogP contribution in [0.25, 0.3) is 0 Å². The fourth-order valence-corrected chi connectivity index (χ4v) is 4.54. The minimum atomic E-state index is -0.776. The summed E-state index contributed by atoms with van der Waals surface area (Å²) >= 11 is 1.20. The summed E-state index contributed by atoms with van der Waals surface area (Å²) in [7, 11) is 0. The van der Waals surface area contributed by atoms with Gasteiger partial charge in [-0.1, -0.05) is 12.1 Å². The van der Waals surface area contributed by atoms with Crippen molar-refractivity contribution in [2.75, 3.05) is 11.5 Å². The highest BCUT2D eigenvalue weighted by Gasteiger charge is 2.38. The molecule has 2 aromatic carbocycles. The molecule has 9 heteroatoms. The molecule has 3 amide bonds. The Morgan fingerprint density at radius 1 is 0.943 bits per heavy atom. The lowest BCUT2D eigenvalue weighted by Crippen LogP contribution is -2.30. The van der Waals surface area contributed by atoms with Gasteiger partial charge in [0.25, 0.3) is 11.8 Å². The van der Waals surface area contributed by atoms with Crippen LogP contribution in [0.2, 0.25) is 0 Å². The molecule has 4 rings (SSSR count). The Labute approximate surface area is 205 Å². The number of benzene rings is 2. The lowest BCUT2D eigenvalue weighted by molar-refractivity contribution is -0.119. The van der Waals surface area contributed by atoms with Crippen molar-refractivity contribution in [2.45, 2.75) is 27.3 Å². The van der Waals surface area contributed by atoms with E-state index >= 15 is 0 Å². The van der Waals surface area contributed by atoms with Gasteiger partial charge in [0.2, 0.25) is 11.7 Å². The second-order valence-electron chi connectivity index (χ2n) is 8.17. The summed E-state index contributed by atoms with van der Waals surface area (Å²) in [4.78, 5) is 64.3. The lowest BCUT2D eigenvalue weighted by Gasteiger charge is -2.17. The minimum absolute atomic E-state index is 0.0676. The SMILES string of the molecule is CC(=O)NCc1ccc(C(=O)COC(=O)c2ccc3c(c2)C(=O)N(c2cc(C)ccc2C)C3=O)s1. The zero-order valence-electron chi connectivity index (χ0n) is 19.3. The average molecular weight is 491 g/mol. The van der Waals surface area contributed by atoms with Gasteiger partial charge in [-0.2, -0.15) is 0 Å². The number of rotatable bonds is 7. The van der Waals surface area contributed by atoms with Crippen molar-refractivity contribution in [2.24, 2.45) is 0 Å². The standard InChI is InChI=1S/C26H22N2O6S/c1-14-4-5-15(2)21(10-14)28-24(31)19-8-6-17(11-20(19)25(28)32)26(33)34-13-22(30)23-9-7-18(35-23)12-27-16(3)29/h4-11H,12-13H2,1-3H3,(H,27,29). The van der Waals surface area contributed by atoms with E-state index in [-0.39, 0.29) is 28.4 Å². The van der Waals surface area contributed by atoms with E-state index in [1.165, 1.54) is 36.5 Å². The van der Waals surface area contributed by atoms with Crippen LogP contribution in [-0.2, 0) is 16.1 Å². The summed E-state index contributed by atoms with van der Waals surface area (Å²) in [6, 6.07) is 13.0. The maximum absolute atomic E-state index is 13.1. The van der Waals surface area contributed by atoms with Crippen molar-refractivity contribution >= 4 is 46.5 Å². The number of Topliss-reactive ketones (excluding diaryl/α,β-unsaturated/α-hetero) is 1. The molecule has 1 aliphatic heterocycles. The van der Waals surface area contributed by atoms with Crippen LogP contribution in [0.4, 0.5) is 5.69 Å². The Morgan fingerprint density at radius 3 is 2.43 bits per heavy atom. The molecule has 3 aromatic rings. The third-order valence-electron chi connectivity index (χ3n) is 5.51. The molecule has 0 bridgehead atoms. The van der Waals surface area contributed by atoms with Gasteiger partial charge >= 0.3 is 5.97 Å². The first kappa shape index (κ1) is 24.0. The van der Waals surface area contributed by atoms with Crippen molar-refractivity contribution in [3.8, 4) is 0 Å². The minimum Gasteiger partial charge on any atom is -0.454 e. The van der Waals surface area contributed by atoms with Crippen LogP contribution in [0.15, 0.2) is 48.5 Å². The third-order valence-corrected chi connectivity index (χ3v) is 6.64. The van der Waals surface area contributed by atoms with Crippen molar-refractivity contribution < 1.29 is 28.7 Å². The van der Waals surface area contributed by atoms with Crippen molar-refractivity contribution in [1.29, 1.82) is 0 Å². The Hall–Kier alpha value is -4.11. The summed E-state index contributed by atoms with van der Waals surface area (Å²) in [5, 5.41) is 2.65. The van der Waals surface area contributed by atoms with E-state index in [1.54, 1.807) is 18.2 Å². The number of hydrogen-bond acceptors (Lipinski definition) is 7. The first-order chi connectivity index (χ1) is 16.7. The fraction of sp³-hybridized carbons (Fsp3) is 0.192. The number of ether oxygens (including phenoxy) is 1. The van der Waals surface area contributed by atoms with Gasteiger partial charge in [0.05, 0.1) is 33.8 Å². The van der Waals surface area contributed by atoms with Crippen LogP contribution >= 0.6 is 11.3 Å². The van der Waals surface area contributed by atoms with Crippen molar-refractivity contribution in [3.63, 3.8) is 0 Å². The van der Waals surface area contributed by atoms with E-state index in [2.05, 4.69) is 5.32 Å². The van der Waals surface area contributed by atoms with Gasteiger partial charge in [-0.3, -0.25) is 19.2 Å². The highest BCUT2D eigenvalue weighted by molar-refractivity contribution is 7.14. The van der Waals surface area contributed by atoms with Gasteiger partial charge < -0.3 is 10.1 Å². The normalized spacial score (nSPS) is 12.5. The summed E-state index contributed by atoms with van der Waals surface area (Å²) in [6.45, 7) is 4.93. The van der Waals surface area contributed by atoms with Gasteiger partial charge in [0.1, 0.15) is 0 Å². The molecule has 35 heavy (non-hydrogen) atoms. The molecule has 1 aliphatic rings. The van der Waals surface area contributed by atoms with E-state index in [4.69, 9.17) is 4.74 Å². The van der Waals surface area contributed by atoms with Crippen LogP contribution in [0.1, 0.15) is 63.7 Å². The number of amides is 3. The number of imide groups is 1. The number of anilines is 1. The Kier molecular flexibility index (Phi) is 6.61. The number of fused-ring (bicyclic) bond motifs is 1. The van der Waals surface area contributed by atoms with E-state index < -0.39 is 24.4 Å². The average Bonchev–Trinajstić information content (AvgIpc) is 3.40. The van der Waals surface area contributed by atoms with Gasteiger partial charge in [-0.15, -0.1) is 11.3 Å². The van der Waals surface area contributed by atoms with Gasteiger partial charge in [-0.25, -0.2) is 9.69 Å². The molecular formula is C26H22N2O6S. The molecule has 0 radical (unpaired) electrons. The van der Waals surface area contributed by atoms with Crippen LogP contribution < -0.4 is 10.2 Å². The number of carbonyl (C=O) groups is 5. The molecule has 178 valence electrons. The van der Waals surface area contributed by atoms with Gasteiger partial charge in [-0.05, 0) is 61.4 Å². The molecule has 2 heterocycles. The number of ketones is 1. The van der Waals surface area contributed by atoms with E-state index in [1.807, 2.05) is 26.0 Å². The molecule has 0 spiro atoms. The van der Waals surface area contributed by atoms with Gasteiger partial charge in [0.15, 0.2) is 6.61 Å². The summed E-state index contributed by atoms with van der Waals surface area (Å²) in [5.41, 5.74) is 2.56. The number of nitrogens with zero attached hydrogens (tertiary/aromatic N) is 1. The number of carbonyl (C=O) groups excluding carboxylic acids is 5. The zero-order valence-corrected chi connectivity index (χ0v) is 20.2. The number of aryl methyl sites for hydroxylation is 2. The molecule has 8 nitrogen and oxygen atoms in total. The van der Waals surface area contributed by atoms with E-state index in [0.29, 0.717) is 17.1 Å². The zero-order chi connectivity index (χ0) is 25.3.